The fourth-order valence-electron chi connectivity index (χ4n) is 0.607. The Balaban J connectivity index is 2.95. The van der Waals surface area contributed by atoms with Crippen LogP contribution in [0.25, 0.3) is 0 Å². The van der Waals surface area contributed by atoms with E-state index in [1.807, 2.05) is 0 Å². The van der Waals surface area contributed by atoms with Gasteiger partial charge in [0.1, 0.15) is 5.69 Å². The number of hydrogen-bond donors (Lipinski definition) is 1. The van der Waals surface area contributed by atoms with E-state index >= 15 is 0 Å². The zero-order valence-electron chi connectivity index (χ0n) is 5.52. The van der Waals surface area contributed by atoms with Crippen molar-refractivity contribution in [3.63, 3.8) is 0 Å². The Kier molecular flexibility index (Phi) is 1.96. The van der Waals surface area contributed by atoms with Crippen LogP contribution in [0.2, 0.25) is 0 Å². The molecule has 0 aromatic carbocycles. The SMILES string of the molecule is O=[13C](O)[13C](=O)c1ccccn1. The van der Waals surface area contributed by atoms with Gasteiger partial charge in [-0.2, -0.15) is 0 Å². The van der Waals surface area contributed by atoms with Crippen molar-refractivity contribution in [3.05, 3.63) is 30.1 Å². The second kappa shape index (κ2) is 2.92. The molecule has 0 saturated heterocycles. The summed E-state index contributed by atoms with van der Waals surface area (Å²) >= 11 is 0. The summed E-state index contributed by atoms with van der Waals surface area (Å²) in [4.78, 5) is 24.4. The van der Waals surface area contributed by atoms with Crippen LogP contribution < -0.4 is 0 Å². The number of nitrogens with zero attached hydrogens (tertiary/aromatic N) is 1. The number of ketones is 1. The van der Waals surface area contributed by atoms with Gasteiger partial charge in [-0.15, -0.1) is 0 Å². The normalized spacial score (nSPS) is 9.09. The molecule has 0 spiro atoms. The molecule has 0 fully saturated rings. The van der Waals surface area contributed by atoms with Gasteiger partial charge in [0.25, 0.3) is 5.78 Å². The molecule has 0 amide bonds. The van der Waals surface area contributed by atoms with Crippen molar-refractivity contribution in [2.75, 3.05) is 0 Å². The molecule has 1 N–H and O–H groups in total. The summed E-state index contributed by atoms with van der Waals surface area (Å²) in [6.45, 7) is 0. The second-order valence-electron chi connectivity index (χ2n) is 1.85. The van der Waals surface area contributed by atoms with Gasteiger partial charge in [-0.3, -0.25) is 9.78 Å². The lowest BCUT2D eigenvalue weighted by molar-refractivity contribution is -0.131. The van der Waals surface area contributed by atoms with E-state index < -0.39 is 11.8 Å². The van der Waals surface area contributed by atoms with Gasteiger partial charge in [-0.05, 0) is 12.1 Å². The summed E-state index contributed by atoms with van der Waals surface area (Å²) in [6.07, 6.45) is 1.37. The van der Waals surface area contributed by atoms with E-state index in [2.05, 4.69) is 4.98 Å². The Labute approximate surface area is 62.5 Å². The molecular weight excluding hydrogens is 148 g/mol. The number of rotatable bonds is 2. The largest absolute Gasteiger partial charge is 0.475 e. The number of Topliss-reactive ketones (excluding diaryl/α,β-unsaturated/α-hetero) is 1. The van der Waals surface area contributed by atoms with E-state index in [0.29, 0.717) is 0 Å². The van der Waals surface area contributed by atoms with Gasteiger partial charge in [0, 0.05) is 6.20 Å². The molecule has 0 aliphatic carbocycles. The maximum atomic E-state index is 10.7. The number of aliphatic carboxylic acids is 1. The summed E-state index contributed by atoms with van der Waals surface area (Å²) in [5, 5.41) is 8.25. The summed E-state index contributed by atoms with van der Waals surface area (Å²) in [6, 6.07) is 4.53. The summed E-state index contributed by atoms with van der Waals surface area (Å²) < 4.78 is 0. The van der Waals surface area contributed by atoms with E-state index in [1.165, 1.54) is 12.3 Å². The standard InChI is InChI=1S/C7H5NO3/c9-6(7(10)11)5-3-1-2-4-8-5/h1-4H,(H,10,11)/i6+1,7+1. The molecule has 4 nitrogen and oxygen atoms in total. The molecule has 0 radical (unpaired) electrons. The van der Waals surface area contributed by atoms with Gasteiger partial charge in [0.05, 0.1) is 0 Å². The van der Waals surface area contributed by atoms with Crippen LogP contribution in [-0.4, -0.2) is 21.8 Å². The molecular formula is C7H5NO3. The smallest absolute Gasteiger partial charge is 0.378 e. The molecule has 1 heterocycles. The van der Waals surface area contributed by atoms with E-state index in [4.69, 9.17) is 5.11 Å². The Morgan fingerprint density at radius 1 is 1.36 bits per heavy atom. The Bertz CT molecular complexity index is 281. The highest BCUT2D eigenvalue weighted by Gasteiger charge is 2.14. The van der Waals surface area contributed by atoms with Gasteiger partial charge < -0.3 is 5.11 Å². The first kappa shape index (κ1) is 7.40. The zero-order chi connectivity index (χ0) is 8.27. The predicted octanol–water partition coefficient (Wildman–Crippen LogP) is 0.349. The van der Waals surface area contributed by atoms with Gasteiger partial charge >= 0.3 is 5.97 Å². The van der Waals surface area contributed by atoms with Crippen LogP contribution in [0, 0.1) is 0 Å². The topological polar surface area (TPSA) is 67.3 Å². The number of carbonyl (C=O) groups excluding carboxylic acids is 1. The highest BCUT2D eigenvalue weighted by atomic mass is 16.5. The maximum absolute atomic E-state index is 10.7. The molecule has 1 rings (SSSR count). The first-order chi connectivity index (χ1) is 5.22. The lowest BCUT2D eigenvalue weighted by Gasteiger charge is -1.90. The minimum Gasteiger partial charge on any atom is -0.475 e. The zero-order valence-corrected chi connectivity index (χ0v) is 5.52. The molecule has 11 heavy (non-hydrogen) atoms. The fourth-order valence-corrected chi connectivity index (χ4v) is 0.607. The summed E-state index contributed by atoms with van der Waals surface area (Å²) in [5.41, 5.74) is -0.0417. The van der Waals surface area contributed by atoms with Crippen LogP contribution in [0.1, 0.15) is 10.5 Å². The Morgan fingerprint density at radius 3 is 2.55 bits per heavy atom. The first-order valence-corrected chi connectivity index (χ1v) is 2.90. The Hall–Kier alpha value is -1.71. The maximum Gasteiger partial charge on any atom is 0.378 e. The molecule has 0 aliphatic heterocycles. The van der Waals surface area contributed by atoms with Crippen molar-refractivity contribution < 1.29 is 14.7 Å². The van der Waals surface area contributed by atoms with Gasteiger partial charge in [0.2, 0.25) is 0 Å². The molecule has 0 bridgehead atoms. The lowest BCUT2D eigenvalue weighted by Crippen LogP contribution is -2.13. The molecule has 0 saturated carbocycles. The third-order valence-electron chi connectivity index (χ3n) is 1.09. The van der Waals surface area contributed by atoms with Crippen LogP contribution in [0.5, 0.6) is 0 Å². The number of carboxylic acids is 1. The van der Waals surface area contributed by atoms with Crippen molar-refractivity contribution in [2.24, 2.45) is 0 Å². The highest BCUT2D eigenvalue weighted by molar-refractivity contribution is 6.39. The average molecular weight is 153 g/mol. The molecule has 1 aromatic heterocycles. The number of hydrogen-bond acceptors (Lipinski definition) is 3. The van der Waals surface area contributed by atoms with Crippen LogP contribution >= 0.6 is 0 Å². The van der Waals surface area contributed by atoms with Crippen LogP contribution in [0.15, 0.2) is 24.4 Å². The molecule has 4 heteroatoms. The van der Waals surface area contributed by atoms with E-state index in [0.717, 1.165) is 0 Å². The Morgan fingerprint density at radius 2 is 2.09 bits per heavy atom. The fraction of sp³-hybridized carbons (Fsp3) is 0. The van der Waals surface area contributed by atoms with Crippen molar-refractivity contribution in [1.29, 1.82) is 0 Å². The van der Waals surface area contributed by atoms with E-state index in [9.17, 15) is 9.59 Å². The van der Waals surface area contributed by atoms with Crippen molar-refractivity contribution in [2.45, 2.75) is 0 Å². The predicted molar refractivity (Wildman–Crippen MR) is 36.2 cm³/mol. The lowest BCUT2D eigenvalue weighted by atomic mass is 10.4. The number of carbonyl (C=O) groups is 2. The van der Waals surface area contributed by atoms with Crippen LogP contribution in [0.4, 0.5) is 0 Å². The molecule has 1 aromatic rings. The van der Waals surface area contributed by atoms with Crippen LogP contribution in [-0.2, 0) is 4.79 Å². The molecule has 0 atom stereocenters. The summed E-state index contributed by atoms with van der Waals surface area (Å²) in [7, 11) is 0. The monoisotopic (exact) mass is 153 g/mol. The van der Waals surface area contributed by atoms with Gasteiger partial charge in [0.15, 0.2) is 0 Å². The molecule has 0 unspecified atom stereocenters. The average Bonchev–Trinajstić information content (AvgIpc) is 2.05. The van der Waals surface area contributed by atoms with Crippen molar-refractivity contribution in [1.82, 2.24) is 4.98 Å². The third kappa shape index (κ3) is 1.61. The highest BCUT2D eigenvalue weighted by Crippen LogP contribution is 1.94. The first-order valence-electron chi connectivity index (χ1n) is 2.90. The number of carboxylic acid groups (broad SMARTS) is 1. The van der Waals surface area contributed by atoms with Crippen LogP contribution in [0.3, 0.4) is 0 Å². The molecule has 56 valence electrons. The van der Waals surface area contributed by atoms with Gasteiger partial charge in [-0.1, -0.05) is 6.07 Å². The summed E-state index contributed by atoms with van der Waals surface area (Å²) in [5.74, 6) is -2.46. The number of aromatic nitrogens is 1. The second-order valence-corrected chi connectivity index (χ2v) is 1.85. The van der Waals surface area contributed by atoms with Crippen molar-refractivity contribution >= 4 is 11.8 Å². The van der Waals surface area contributed by atoms with E-state index in [1.54, 1.807) is 12.1 Å². The molecule has 0 aliphatic rings. The van der Waals surface area contributed by atoms with E-state index in [-0.39, 0.29) is 5.69 Å². The van der Waals surface area contributed by atoms with Gasteiger partial charge in [-0.25, -0.2) is 4.79 Å². The third-order valence-corrected chi connectivity index (χ3v) is 1.09. The number of pyridine rings is 1. The van der Waals surface area contributed by atoms with Crippen molar-refractivity contribution in [3.8, 4) is 0 Å². The quantitative estimate of drug-likeness (QED) is 0.378. The minimum absolute atomic E-state index is 0.0417. The minimum atomic E-state index is -1.48.